The Morgan fingerprint density at radius 1 is 1.06 bits per heavy atom. The van der Waals surface area contributed by atoms with Gasteiger partial charge in [-0.2, -0.15) is 26.3 Å². The fourth-order valence-corrected chi connectivity index (χ4v) is 1.28. The maximum Gasteiger partial charge on any atom is 0.394 e. The zero-order valence-electron chi connectivity index (χ0n) is 9.91. The van der Waals surface area contributed by atoms with Gasteiger partial charge in [-0.05, 0) is 13.3 Å². The molecule has 0 heterocycles. The molecule has 0 rings (SSSR count). The number of carbonyl (C=O) groups is 1. The van der Waals surface area contributed by atoms with Crippen LogP contribution in [-0.2, 0) is 9.53 Å². The highest BCUT2D eigenvalue weighted by Crippen LogP contribution is 2.46. The number of esters is 1. The average Bonchev–Trinajstić information content (AvgIpc) is 2.12. The molecule has 0 saturated carbocycles. The first-order chi connectivity index (χ1) is 7.91. The van der Waals surface area contributed by atoms with Gasteiger partial charge in [0, 0.05) is 6.42 Å². The van der Waals surface area contributed by atoms with Crippen LogP contribution < -0.4 is 0 Å². The van der Waals surface area contributed by atoms with Crippen LogP contribution in [0.2, 0.25) is 0 Å². The van der Waals surface area contributed by atoms with E-state index >= 15 is 0 Å². The van der Waals surface area contributed by atoms with Crippen LogP contribution in [0, 0.1) is 5.41 Å². The monoisotopic (exact) mass is 280 g/mol. The van der Waals surface area contributed by atoms with Crippen molar-refractivity contribution >= 4 is 5.97 Å². The van der Waals surface area contributed by atoms with Gasteiger partial charge >= 0.3 is 18.3 Å². The minimum atomic E-state index is -4.90. The van der Waals surface area contributed by atoms with E-state index in [0.29, 0.717) is 6.92 Å². The molecule has 0 aliphatic rings. The van der Waals surface area contributed by atoms with Crippen molar-refractivity contribution in [3.63, 3.8) is 0 Å². The molecule has 2 nitrogen and oxygen atoms in total. The number of hydrogen-bond acceptors (Lipinski definition) is 2. The van der Waals surface area contributed by atoms with Gasteiger partial charge in [0.25, 0.3) is 0 Å². The second-order valence-corrected chi connectivity index (χ2v) is 4.16. The fraction of sp³-hybridized carbons (Fsp3) is 0.900. The summed E-state index contributed by atoms with van der Waals surface area (Å²) in [5, 5.41) is 0. The molecule has 0 aromatic rings. The molecular formula is C10H14F6O2. The van der Waals surface area contributed by atoms with Gasteiger partial charge in [-0.25, -0.2) is 0 Å². The zero-order chi connectivity index (χ0) is 14.6. The molecule has 0 radical (unpaired) electrons. The van der Waals surface area contributed by atoms with Crippen molar-refractivity contribution in [2.45, 2.75) is 45.5 Å². The predicted octanol–water partition coefficient (Wildman–Crippen LogP) is 3.85. The summed E-state index contributed by atoms with van der Waals surface area (Å²) >= 11 is 0. The van der Waals surface area contributed by atoms with Gasteiger partial charge in [-0.3, -0.25) is 4.79 Å². The Hall–Kier alpha value is -0.950. The third-order valence-corrected chi connectivity index (χ3v) is 2.48. The third-order valence-electron chi connectivity index (χ3n) is 2.48. The number of rotatable bonds is 5. The molecular weight excluding hydrogens is 266 g/mol. The van der Waals surface area contributed by atoms with E-state index in [4.69, 9.17) is 0 Å². The molecule has 8 heteroatoms. The van der Waals surface area contributed by atoms with E-state index in [9.17, 15) is 31.1 Å². The lowest BCUT2D eigenvalue weighted by atomic mass is 9.81. The van der Waals surface area contributed by atoms with E-state index in [1.165, 1.54) is 6.92 Å². The highest BCUT2D eigenvalue weighted by Gasteiger charge is 2.53. The topological polar surface area (TPSA) is 26.3 Å². The molecule has 0 bridgehead atoms. The van der Waals surface area contributed by atoms with Crippen LogP contribution in [0.25, 0.3) is 0 Å². The van der Waals surface area contributed by atoms with Gasteiger partial charge in [-0.15, -0.1) is 0 Å². The van der Waals surface area contributed by atoms with E-state index in [0.717, 1.165) is 0 Å². The fourth-order valence-electron chi connectivity index (χ4n) is 1.28. The molecule has 1 atom stereocenters. The van der Waals surface area contributed by atoms with Crippen molar-refractivity contribution in [3.05, 3.63) is 0 Å². The lowest BCUT2D eigenvalue weighted by molar-refractivity contribution is -0.234. The van der Waals surface area contributed by atoms with E-state index in [2.05, 4.69) is 4.74 Å². The molecule has 0 amide bonds. The van der Waals surface area contributed by atoms with Crippen molar-refractivity contribution in [3.8, 4) is 0 Å². The molecule has 18 heavy (non-hydrogen) atoms. The molecule has 0 saturated heterocycles. The zero-order valence-corrected chi connectivity index (χ0v) is 9.91. The molecule has 0 aliphatic heterocycles. The average molecular weight is 280 g/mol. The summed E-state index contributed by atoms with van der Waals surface area (Å²) in [5.74, 6) is -1.15. The summed E-state index contributed by atoms with van der Waals surface area (Å²) in [6, 6.07) is 0. The van der Waals surface area contributed by atoms with Gasteiger partial charge in [0.15, 0.2) is 0 Å². The van der Waals surface area contributed by atoms with Gasteiger partial charge in [0.1, 0.15) is 0 Å². The maximum absolute atomic E-state index is 12.7. The second-order valence-electron chi connectivity index (χ2n) is 4.16. The van der Waals surface area contributed by atoms with Crippen molar-refractivity contribution in [1.82, 2.24) is 0 Å². The molecule has 0 spiro atoms. The Balaban J connectivity index is 4.80. The number of halogens is 6. The van der Waals surface area contributed by atoms with Gasteiger partial charge < -0.3 is 4.74 Å². The summed E-state index contributed by atoms with van der Waals surface area (Å²) in [5.41, 5.74) is -2.73. The van der Waals surface area contributed by atoms with Gasteiger partial charge in [0.05, 0.1) is 18.4 Å². The summed E-state index contributed by atoms with van der Waals surface area (Å²) in [4.78, 5) is 11.0. The van der Waals surface area contributed by atoms with Crippen LogP contribution in [0.5, 0.6) is 0 Å². The second kappa shape index (κ2) is 5.79. The SMILES string of the molecule is CCOC(=O)CC(C)(CCC(F)(F)F)C(F)(F)F. The van der Waals surface area contributed by atoms with Crippen molar-refractivity contribution in [2.24, 2.45) is 5.41 Å². The van der Waals surface area contributed by atoms with Gasteiger partial charge in [-0.1, -0.05) is 6.92 Å². The van der Waals surface area contributed by atoms with Crippen LogP contribution in [-0.4, -0.2) is 24.9 Å². The molecule has 0 aromatic carbocycles. The molecule has 0 aliphatic carbocycles. The summed E-state index contributed by atoms with van der Waals surface area (Å²) in [7, 11) is 0. The first kappa shape index (κ1) is 17.1. The number of hydrogen-bond donors (Lipinski definition) is 0. The van der Waals surface area contributed by atoms with Crippen molar-refractivity contribution < 1.29 is 35.9 Å². The Labute approximate surface area is 100 Å². The van der Waals surface area contributed by atoms with Crippen molar-refractivity contribution in [2.75, 3.05) is 6.61 Å². The summed E-state index contributed by atoms with van der Waals surface area (Å²) < 4.78 is 78.4. The minimum absolute atomic E-state index is 0.119. The Kier molecular flexibility index (Phi) is 5.49. The van der Waals surface area contributed by atoms with Crippen LogP contribution in [0.15, 0.2) is 0 Å². The molecule has 108 valence electrons. The predicted molar refractivity (Wildman–Crippen MR) is 50.7 cm³/mol. The van der Waals surface area contributed by atoms with Crippen LogP contribution in [0.4, 0.5) is 26.3 Å². The largest absolute Gasteiger partial charge is 0.466 e. The first-order valence-electron chi connectivity index (χ1n) is 5.20. The van der Waals surface area contributed by atoms with Gasteiger partial charge in [0.2, 0.25) is 0 Å². The van der Waals surface area contributed by atoms with Crippen LogP contribution in [0.3, 0.4) is 0 Å². The third kappa shape index (κ3) is 5.59. The quantitative estimate of drug-likeness (QED) is 0.565. The molecule has 0 aromatic heterocycles. The highest BCUT2D eigenvalue weighted by atomic mass is 19.4. The molecule has 0 N–H and O–H groups in total. The van der Waals surface area contributed by atoms with E-state index in [1.54, 1.807) is 0 Å². The van der Waals surface area contributed by atoms with Crippen LogP contribution in [0.1, 0.15) is 33.1 Å². The lowest BCUT2D eigenvalue weighted by Crippen LogP contribution is -2.38. The van der Waals surface area contributed by atoms with E-state index in [-0.39, 0.29) is 6.61 Å². The number of ether oxygens (including phenoxy) is 1. The Morgan fingerprint density at radius 3 is 1.89 bits per heavy atom. The minimum Gasteiger partial charge on any atom is -0.466 e. The van der Waals surface area contributed by atoms with E-state index < -0.39 is 43.0 Å². The number of carbonyl (C=O) groups excluding carboxylic acids is 1. The normalized spacial score (nSPS) is 16.2. The summed E-state index contributed by atoms with van der Waals surface area (Å²) in [6.45, 7) is 1.88. The smallest absolute Gasteiger partial charge is 0.394 e. The molecule has 1 unspecified atom stereocenters. The Morgan fingerprint density at radius 2 is 1.56 bits per heavy atom. The highest BCUT2D eigenvalue weighted by molar-refractivity contribution is 5.70. The summed E-state index contributed by atoms with van der Waals surface area (Å²) in [6.07, 6.45) is -13.5. The lowest BCUT2D eigenvalue weighted by Gasteiger charge is -2.31. The van der Waals surface area contributed by atoms with E-state index in [1.807, 2.05) is 0 Å². The van der Waals surface area contributed by atoms with Crippen LogP contribution >= 0.6 is 0 Å². The maximum atomic E-state index is 12.7. The van der Waals surface area contributed by atoms with Crippen molar-refractivity contribution in [1.29, 1.82) is 0 Å². The Bertz CT molecular complexity index is 283. The standard InChI is InChI=1S/C10H14F6O2/c1-3-18-7(17)6-8(2,10(14,15)16)4-5-9(11,12)13/h3-6H2,1-2H3. The number of alkyl halides is 6. The molecule has 0 fully saturated rings. The first-order valence-corrected chi connectivity index (χ1v) is 5.20.